The maximum Gasteiger partial charge on any atom is 0.210 e. The summed E-state index contributed by atoms with van der Waals surface area (Å²) in [5, 5.41) is 4.01. The van der Waals surface area contributed by atoms with Gasteiger partial charge in [-0.2, -0.15) is 0 Å². The summed E-state index contributed by atoms with van der Waals surface area (Å²) in [5.74, 6) is 1.29. The van der Waals surface area contributed by atoms with E-state index in [1.807, 2.05) is 13.0 Å². The summed E-state index contributed by atoms with van der Waals surface area (Å²) >= 11 is 0. The molecule has 0 aromatic carbocycles. The molecule has 20 heavy (non-hydrogen) atoms. The molecule has 2 heterocycles. The van der Waals surface area contributed by atoms with Crippen molar-refractivity contribution in [1.82, 2.24) is 14.4 Å². The highest BCUT2D eigenvalue weighted by Gasteiger charge is 2.23. The molecule has 2 rings (SSSR count). The van der Waals surface area contributed by atoms with Crippen molar-refractivity contribution in [2.45, 2.75) is 26.3 Å². The van der Waals surface area contributed by atoms with Gasteiger partial charge in [-0.25, -0.2) is 12.7 Å². The minimum absolute atomic E-state index is 0.449. The number of hydrogen-bond donors (Lipinski definition) is 0. The van der Waals surface area contributed by atoms with Crippen molar-refractivity contribution in [2.75, 3.05) is 32.9 Å². The normalized spacial score (nSPS) is 18.8. The Labute approximate surface area is 120 Å². The van der Waals surface area contributed by atoms with Gasteiger partial charge in [-0.05, 0) is 38.8 Å². The van der Waals surface area contributed by atoms with Crippen LogP contribution in [0.2, 0.25) is 0 Å². The molecule has 0 radical (unpaired) electrons. The molecule has 0 atom stereocenters. The number of rotatable bonds is 5. The molecule has 1 aliphatic rings. The number of aromatic nitrogens is 1. The molecule has 1 saturated heterocycles. The lowest BCUT2D eigenvalue weighted by molar-refractivity contribution is 0.163. The van der Waals surface area contributed by atoms with Crippen molar-refractivity contribution in [3.8, 4) is 0 Å². The first-order chi connectivity index (χ1) is 9.34. The maximum atomic E-state index is 11.4. The Hall–Kier alpha value is -0.920. The van der Waals surface area contributed by atoms with Crippen LogP contribution in [0.5, 0.6) is 0 Å². The molecular weight excluding hydrogens is 278 g/mol. The number of piperidine rings is 1. The lowest BCUT2D eigenvalue weighted by atomic mass is 9.97. The number of aryl methyl sites for hydroxylation is 1. The average Bonchev–Trinajstić information content (AvgIpc) is 2.76. The zero-order valence-electron chi connectivity index (χ0n) is 12.4. The van der Waals surface area contributed by atoms with E-state index < -0.39 is 10.0 Å². The standard InChI is InChI=1S/C13H23N3O3S/c1-11-8-13(14-19-11)10-16-6-4-12(5-7-16)9-15(2)20(3,17)18/h8,12H,4-7,9-10H2,1-3H3. The summed E-state index contributed by atoms with van der Waals surface area (Å²) in [6.45, 7) is 5.29. The molecule has 0 saturated carbocycles. The lowest BCUT2D eigenvalue weighted by Crippen LogP contribution is -2.38. The second kappa shape index (κ2) is 6.24. The number of hydrogen-bond acceptors (Lipinski definition) is 5. The van der Waals surface area contributed by atoms with Crippen molar-refractivity contribution in [2.24, 2.45) is 5.92 Å². The molecule has 1 fully saturated rings. The van der Waals surface area contributed by atoms with Crippen LogP contribution < -0.4 is 0 Å². The van der Waals surface area contributed by atoms with Gasteiger partial charge in [0, 0.05) is 26.2 Å². The van der Waals surface area contributed by atoms with Crippen molar-refractivity contribution < 1.29 is 12.9 Å². The van der Waals surface area contributed by atoms with Crippen LogP contribution >= 0.6 is 0 Å². The summed E-state index contributed by atoms with van der Waals surface area (Å²) in [6.07, 6.45) is 3.31. The van der Waals surface area contributed by atoms with Crippen LogP contribution in [0.1, 0.15) is 24.3 Å². The van der Waals surface area contributed by atoms with Gasteiger partial charge in [-0.3, -0.25) is 4.90 Å². The Kier molecular flexibility index (Phi) is 4.82. The quantitative estimate of drug-likeness (QED) is 0.814. The van der Waals surface area contributed by atoms with E-state index in [-0.39, 0.29) is 0 Å². The predicted molar refractivity (Wildman–Crippen MR) is 76.7 cm³/mol. The third-order valence-electron chi connectivity index (χ3n) is 3.85. The Morgan fingerprint density at radius 2 is 2.10 bits per heavy atom. The van der Waals surface area contributed by atoms with Crippen LogP contribution in [0, 0.1) is 12.8 Å². The summed E-state index contributed by atoms with van der Waals surface area (Å²) in [4.78, 5) is 2.34. The van der Waals surface area contributed by atoms with Crippen LogP contribution in [0.3, 0.4) is 0 Å². The molecular formula is C13H23N3O3S. The van der Waals surface area contributed by atoms with E-state index in [1.54, 1.807) is 7.05 Å². The summed E-state index contributed by atoms with van der Waals surface area (Å²) in [6, 6.07) is 1.96. The molecule has 1 aromatic heterocycles. The van der Waals surface area contributed by atoms with Crippen molar-refractivity contribution in [1.29, 1.82) is 0 Å². The van der Waals surface area contributed by atoms with E-state index in [0.29, 0.717) is 12.5 Å². The molecule has 7 heteroatoms. The fourth-order valence-corrected chi connectivity index (χ4v) is 3.03. The summed E-state index contributed by atoms with van der Waals surface area (Å²) in [5.41, 5.74) is 0.967. The summed E-state index contributed by atoms with van der Waals surface area (Å²) in [7, 11) is -1.41. The van der Waals surface area contributed by atoms with Gasteiger partial charge in [0.05, 0.1) is 11.9 Å². The third-order valence-corrected chi connectivity index (χ3v) is 5.13. The van der Waals surface area contributed by atoms with Gasteiger partial charge >= 0.3 is 0 Å². The third kappa shape index (κ3) is 4.29. The molecule has 1 aliphatic heterocycles. The molecule has 0 amide bonds. The Morgan fingerprint density at radius 1 is 1.45 bits per heavy atom. The highest BCUT2D eigenvalue weighted by atomic mass is 32.2. The van der Waals surface area contributed by atoms with Gasteiger partial charge in [0.1, 0.15) is 5.76 Å². The first-order valence-corrected chi connectivity index (χ1v) is 8.75. The minimum Gasteiger partial charge on any atom is -0.361 e. The molecule has 0 aliphatic carbocycles. The van der Waals surface area contributed by atoms with Crippen LogP contribution in [0.15, 0.2) is 10.6 Å². The van der Waals surface area contributed by atoms with Gasteiger partial charge in [0.25, 0.3) is 0 Å². The van der Waals surface area contributed by atoms with E-state index in [9.17, 15) is 8.42 Å². The number of nitrogens with zero attached hydrogens (tertiary/aromatic N) is 3. The fourth-order valence-electron chi connectivity index (χ4n) is 2.55. The minimum atomic E-state index is -3.06. The zero-order chi connectivity index (χ0) is 14.8. The molecule has 0 N–H and O–H groups in total. The smallest absolute Gasteiger partial charge is 0.210 e. The number of sulfonamides is 1. The second-order valence-corrected chi connectivity index (χ2v) is 7.78. The van der Waals surface area contributed by atoms with E-state index in [2.05, 4.69) is 10.1 Å². The Bertz CT molecular complexity index is 533. The molecule has 0 bridgehead atoms. The molecule has 0 spiro atoms. The van der Waals surface area contributed by atoms with E-state index in [4.69, 9.17) is 4.52 Å². The van der Waals surface area contributed by atoms with Gasteiger partial charge in [-0.15, -0.1) is 0 Å². The first kappa shape index (κ1) is 15.5. The highest BCUT2D eigenvalue weighted by molar-refractivity contribution is 7.88. The maximum absolute atomic E-state index is 11.4. The first-order valence-electron chi connectivity index (χ1n) is 6.90. The molecule has 6 nitrogen and oxygen atoms in total. The Balaban J connectivity index is 1.78. The molecule has 114 valence electrons. The predicted octanol–water partition coefficient (Wildman–Crippen LogP) is 1.09. The topological polar surface area (TPSA) is 66.7 Å². The van der Waals surface area contributed by atoms with Crippen LogP contribution in [0.4, 0.5) is 0 Å². The average molecular weight is 301 g/mol. The zero-order valence-corrected chi connectivity index (χ0v) is 13.2. The van der Waals surface area contributed by atoms with E-state index in [1.165, 1.54) is 10.6 Å². The molecule has 1 aromatic rings. The summed E-state index contributed by atoms with van der Waals surface area (Å²) < 4.78 is 29.3. The van der Waals surface area contributed by atoms with Crippen LogP contribution in [-0.4, -0.2) is 55.7 Å². The van der Waals surface area contributed by atoms with E-state index in [0.717, 1.165) is 43.9 Å². The molecule has 0 unspecified atom stereocenters. The number of likely N-dealkylation sites (tertiary alicyclic amines) is 1. The van der Waals surface area contributed by atoms with Crippen molar-refractivity contribution >= 4 is 10.0 Å². The van der Waals surface area contributed by atoms with Gasteiger partial charge < -0.3 is 4.52 Å². The van der Waals surface area contributed by atoms with Gasteiger partial charge in [0.15, 0.2) is 0 Å². The SMILES string of the molecule is Cc1cc(CN2CCC(CN(C)S(C)(=O)=O)CC2)no1. The van der Waals surface area contributed by atoms with Crippen LogP contribution in [0.25, 0.3) is 0 Å². The lowest BCUT2D eigenvalue weighted by Gasteiger charge is -2.32. The van der Waals surface area contributed by atoms with Crippen LogP contribution in [-0.2, 0) is 16.6 Å². The largest absolute Gasteiger partial charge is 0.361 e. The Morgan fingerprint density at radius 3 is 2.60 bits per heavy atom. The van der Waals surface area contributed by atoms with Crippen molar-refractivity contribution in [3.63, 3.8) is 0 Å². The van der Waals surface area contributed by atoms with Gasteiger partial charge in [-0.1, -0.05) is 5.16 Å². The van der Waals surface area contributed by atoms with Crippen molar-refractivity contribution in [3.05, 3.63) is 17.5 Å². The fraction of sp³-hybridized carbons (Fsp3) is 0.769. The monoisotopic (exact) mass is 301 g/mol. The van der Waals surface area contributed by atoms with Gasteiger partial charge in [0.2, 0.25) is 10.0 Å². The second-order valence-electron chi connectivity index (χ2n) is 5.69. The highest BCUT2D eigenvalue weighted by Crippen LogP contribution is 2.20. The van der Waals surface area contributed by atoms with E-state index >= 15 is 0 Å².